The number of unbranched alkanes of at least 4 members (excludes halogenated alkanes) is 39. The fourth-order valence-electron chi connectivity index (χ4n) is 10.1. The topological polar surface area (TPSA) is 237 Å². The van der Waals surface area contributed by atoms with Gasteiger partial charge in [0.1, 0.15) is 19.3 Å². The maximum atomic E-state index is 13.0. The summed E-state index contributed by atoms with van der Waals surface area (Å²) in [6, 6.07) is 0. The monoisotopic (exact) mass is 1270 g/mol. The van der Waals surface area contributed by atoms with Crippen molar-refractivity contribution in [3.63, 3.8) is 0 Å². The van der Waals surface area contributed by atoms with Crippen LogP contribution >= 0.6 is 15.6 Å². The zero-order valence-electron chi connectivity index (χ0n) is 55.4. The molecule has 0 aromatic rings. The summed E-state index contributed by atoms with van der Waals surface area (Å²) in [7, 11) is -9.89. The van der Waals surface area contributed by atoms with Crippen LogP contribution in [0.3, 0.4) is 0 Å². The maximum absolute atomic E-state index is 13.0. The molecule has 3 N–H and O–H groups in total. The van der Waals surface area contributed by atoms with Gasteiger partial charge in [-0.1, -0.05) is 291 Å². The van der Waals surface area contributed by atoms with E-state index in [9.17, 15) is 43.2 Å². The van der Waals surface area contributed by atoms with E-state index in [1.165, 1.54) is 167 Å². The number of esters is 4. The van der Waals surface area contributed by atoms with Crippen molar-refractivity contribution in [2.45, 2.75) is 361 Å². The van der Waals surface area contributed by atoms with Crippen LogP contribution in [0.1, 0.15) is 343 Å². The van der Waals surface area contributed by atoms with E-state index in [1.54, 1.807) is 0 Å². The molecule has 19 heteroatoms. The minimum absolute atomic E-state index is 0.107. The molecule has 17 nitrogen and oxygen atoms in total. The Bertz CT molecular complexity index is 1670. The van der Waals surface area contributed by atoms with Crippen LogP contribution in [0.25, 0.3) is 0 Å². The summed E-state index contributed by atoms with van der Waals surface area (Å²) < 4.78 is 68.1. The predicted molar refractivity (Wildman–Crippen MR) is 345 cm³/mol. The van der Waals surface area contributed by atoms with Crippen molar-refractivity contribution in [3.05, 3.63) is 0 Å². The predicted octanol–water partition coefficient (Wildman–Crippen LogP) is 19.0. The van der Waals surface area contributed by atoms with Crippen LogP contribution in [0.5, 0.6) is 0 Å². The molecule has 510 valence electrons. The molecule has 0 aliphatic carbocycles. The number of hydrogen-bond acceptors (Lipinski definition) is 15. The lowest BCUT2D eigenvalue weighted by Crippen LogP contribution is -2.30. The quantitative estimate of drug-likeness (QED) is 0.0222. The third-order valence-corrected chi connectivity index (χ3v) is 17.4. The summed E-state index contributed by atoms with van der Waals surface area (Å²) in [5.41, 5.74) is 0. The first-order valence-corrected chi connectivity index (χ1v) is 38.1. The highest BCUT2D eigenvalue weighted by Gasteiger charge is 2.30. The van der Waals surface area contributed by atoms with Gasteiger partial charge < -0.3 is 33.8 Å². The Kier molecular flexibility index (Phi) is 59.2. The molecule has 86 heavy (non-hydrogen) atoms. The lowest BCUT2D eigenvalue weighted by molar-refractivity contribution is -0.161. The largest absolute Gasteiger partial charge is 0.472 e. The van der Waals surface area contributed by atoms with E-state index < -0.39 is 97.5 Å². The fourth-order valence-corrected chi connectivity index (χ4v) is 11.7. The molecular formula is C67H130O17P2. The molecule has 0 bridgehead atoms. The minimum atomic E-state index is -4.95. The van der Waals surface area contributed by atoms with Crippen molar-refractivity contribution in [2.75, 3.05) is 39.6 Å². The second-order valence-corrected chi connectivity index (χ2v) is 27.6. The van der Waals surface area contributed by atoms with E-state index in [-0.39, 0.29) is 25.7 Å². The van der Waals surface area contributed by atoms with Gasteiger partial charge in [-0.25, -0.2) is 9.13 Å². The first-order chi connectivity index (χ1) is 41.5. The van der Waals surface area contributed by atoms with Crippen molar-refractivity contribution in [1.29, 1.82) is 0 Å². The summed E-state index contributed by atoms with van der Waals surface area (Å²) in [6.07, 6.45) is 45.7. The smallest absolute Gasteiger partial charge is 0.462 e. The summed E-state index contributed by atoms with van der Waals surface area (Å²) in [4.78, 5) is 72.3. The first-order valence-electron chi connectivity index (χ1n) is 35.1. The van der Waals surface area contributed by atoms with E-state index in [4.69, 9.17) is 37.0 Å². The lowest BCUT2D eigenvalue weighted by atomic mass is 10.0. The van der Waals surface area contributed by atoms with E-state index in [2.05, 4.69) is 34.6 Å². The van der Waals surface area contributed by atoms with Gasteiger partial charge in [0.2, 0.25) is 0 Å². The van der Waals surface area contributed by atoms with Gasteiger partial charge >= 0.3 is 39.5 Å². The molecule has 0 saturated heterocycles. The van der Waals surface area contributed by atoms with Crippen LogP contribution < -0.4 is 0 Å². The molecule has 2 unspecified atom stereocenters. The van der Waals surface area contributed by atoms with Crippen molar-refractivity contribution in [2.24, 2.45) is 5.92 Å². The normalized spacial score (nSPS) is 14.2. The number of phosphoric ester groups is 2. The molecule has 0 aliphatic heterocycles. The average Bonchev–Trinajstić information content (AvgIpc) is 3.59. The van der Waals surface area contributed by atoms with Crippen molar-refractivity contribution in [1.82, 2.24) is 0 Å². The number of rotatable bonds is 67. The van der Waals surface area contributed by atoms with Crippen LogP contribution in [0, 0.1) is 5.92 Å². The standard InChI is InChI=1S/C67H130O17P2/c1-6-9-12-15-18-21-26-32-36-41-46-51-65(70)78-57-63(84-67(72)53-48-43-38-33-28-25-23-24-27-30-34-39-44-49-60(4)5)59-82-86(75,76)80-55-61(68)54-79-85(73,74)81-58-62(56-77-64(69)50-45-40-35-29-20-17-14-11-8-3)83-66(71)52-47-42-37-31-22-19-16-13-10-7-2/h60-63,68H,6-59H2,1-5H3,(H,73,74)(H,75,76)/t61-,62+,63+/m0/s1. The van der Waals surface area contributed by atoms with E-state index >= 15 is 0 Å². The Labute approximate surface area is 524 Å². The summed E-state index contributed by atoms with van der Waals surface area (Å²) in [5.74, 6) is -1.34. The Morgan fingerprint density at radius 1 is 0.314 bits per heavy atom. The molecule has 0 fully saturated rings. The Morgan fingerprint density at radius 2 is 0.535 bits per heavy atom. The first kappa shape index (κ1) is 84.1. The zero-order chi connectivity index (χ0) is 63.5. The molecule has 0 aromatic heterocycles. The van der Waals surface area contributed by atoms with Crippen molar-refractivity contribution < 1.29 is 80.2 Å². The van der Waals surface area contributed by atoms with E-state index in [0.29, 0.717) is 25.7 Å². The molecule has 5 atom stereocenters. The van der Waals surface area contributed by atoms with Gasteiger partial charge in [-0.3, -0.25) is 37.3 Å². The molecule has 0 spiro atoms. The van der Waals surface area contributed by atoms with Crippen molar-refractivity contribution >= 4 is 39.5 Å². The Morgan fingerprint density at radius 3 is 0.791 bits per heavy atom. The van der Waals surface area contributed by atoms with E-state index in [1.807, 2.05) is 0 Å². The molecule has 0 amide bonds. The lowest BCUT2D eigenvalue weighted by Gasteiger charge is -2.21. The number of aliphatic hydroxyl groups excluding tert-OH is 1. The average molecular weight is 1270 g/mol. The minimum Gasteiger partial charge on any atom is -0.462 e. The third kappa shape index (κ3) is 60.9. The van der Waals surface area contributed by atoms with Gasteiger partial charge in [-0.15, -0.1) is 0 Å². The van der Waals surface area contributed by atoms with Crippen LogP contribution in [0.4, 0.5) is 0 Å². The summed E-state index contributed by atoms with van der Waals surface area (Å²) in [6.45, 7) is 7.21. The maximum Gasteiger partial charge on any atom is 0.472 e. The molecule has 0 radical (unpaired) electrons. The van der Waals surface area contributed by atoms with E-state index in [0.717, 1.165) is 95.8 Å². The highest BCUT2D eigenvalue weighted by Crippen LogP contribution is 2.45. The second-order valence-electron chi connectivity index (χ2n) is 24.7. The molecule has 0 saturated carbocycles. The third-order valence-electron chi connectivity index (χ3n) is 15.5. The molecule has 0 rings (SSSR count). The molecule has 0 aromatic carbocycles. The number of aliphatic hydroxyl groups is 1. The van der Waals surface area contributed by atoms with Crippen LogP contribution in [-0.4, -0.2) is 96.7 Å². The summed E-state index contributed by atoms with van der Waals surface area (Å²) in [5, 5.41) is 10.6. The molecular weight excluding hydrogens is 1140 g/mol. The molecule has 0 heterocycles. The zero-order valence-corrected chi connectivity index (χ0v) is 57.2. The number of carbonyl (C=O) groups excluding carboxylic acids is 4. The van der Waals surface area contributed by atoms with Crippen LogP contribution in [0.2, 0.25) is 0 Å². The Hall–Kier alpha value is -1.94. The Balaban J connectivity index is 5.21. The van der Waals surface area contributed by atoms with Gasteiger partial charge in [-0.2, -0.15) is 0 Å². The number of carbonyl (C=O) groups is 4. The number of ether oxygens (including phenoxy) is 4. The number of hydrogen-bond donors (Lipinski definition) is 3. The van der Waals surface area contributed by atoms with Crippen LogP contribution in [0.15, 0.2) is 0 Å². The summed E-state index contributed by atoms with van der Waals surface area (Å²) >= 11 is 0. The van der Waals surface area contributed by atoms with Gasteiger partial charge in [0.25, 0.3) is 0 Å². The van der Waals surface area contributed by atoms with Gasteiger partial charge in [0.05, 0.1) is 26.4 Å². The van der Waals surface area contributed by atoms with Crippen molar-refractivity contribution in [3.8, 4) is 0 Å². The van der Waals surface area contributed by atoms with Crippen LogP contribution in [-0.2, 0) is 65.4 Å². The highest BCUT2D eigenvalue weighted by molar-refractivity contribution is 7.47. The fraction of sp³-hybridized carbons (Fsp3) is 0.940. The van der Waals surface area contributed by atoms with Gasteiger partial charge in [0.15, 0.2) is 12.2 Å². The molecule has 0 aliphatic rings. The number of phosphoric acid groups is 2. The van der Waals surface area contributed by atoms with Gasteiger partial charge in [-0.05, 0) is 31.6 Å². The SMILES string of the molecule is CCCCCCCCCCCCCC(=O)OC[C@H](COP(=O)(O)OC[C@@H](O)COP(=O)(O)OC[C@@H](COC(=O)CCCCCCCCCCC)OC(=O)CCCCCCCCCCCC)OC(=O)CCCCCCCCCCCCCCCC(C)C. The highest BCUT2D eigenvalue weighted by atomic mass is 31.2. The van der Waals surface area contributed by atoms with Gasteiger partial charge in [0, 0.05) is 25.7 Å². The second kappa shape index (κ2) is 60.6.